The maximum atomic E-state index is 12.4. The summed E-state index contributed by atoms with van der Waals surface area (Å²) < 4.78 is 16.2. The highest BCUT2D eigenvalue weighted by Gasteiger charge is 2.23. The summed E-state index contributed by atoms with van der Waals surface area (Å²) in [6.07, 6.45) is 5.60. The van der Waals surface area contributed by atoms with Crippen molar-refractivity contribution in [2.45, 2.75) is 51.9 Å². The predicted octanol–water partition coefficient (Wildman–Crippen LogP) is 3.07. The van der Waals surface area contributed by atoms with Gasteiger partial charge in [0, 0.05) is 24.6 Å². The minimum Gasteiger partial charge on any atom is -0.490 e. The Kier molecular flexibility index (Phi) is 8.26. The second kappa shape index (κ2) is 11.3. The fraction of sp³-hybridized carbons (Fsp3) is 0.545. The molecule has 0 bridgehead atoms. The van der Waals surface area contributed by atoms with E-state index < -0.39 is 5.91 Å². The molecule has 1 fully saturated rings. The molecule has 3 rings (SSSR count). The van der Waals surface area contributed by atoms with Crippen LogP contribution in [0.4, 0.5) is 0 Å². The highest BCUT2D eigenvalue weighted by Crippen LogP contribution is 2.31. The van der Waals surface area contributed by atoms with Crippen LogP contribution < -0.4 is 20.1 Å². The average molecular weight is 431 g/mol. The van der Waals surface area contributed by atoms with Crippen molar-refractivity contribution in [3.8, 4) is 11.5 Å². The van der Waals surface area contributed by atoms with Gasteiger partial charge in [0.15, 0.2) is 17.3 Å². The number of hydrogen-bond donors (Lipinski definition) is 2. The summed E-state index contributed by atoms with van der Waals surface area (Å²) in [4.78, 5) is 28.9. The fourth-order valence-electron chi connectivity index (χ4n) is 3.58. The highest BCUT2D eigenvalue weighted by molar-refractivity contribution is 5.95. The van der Waals surface area contributed by atoms with Crippen molar-refractivity contribution < 1.29 is 23.6 Å². The molecule has 0 aliphatic heterocycles. The number of nitrogens with one attached hydrogen (secondary N) is 2. The molecule has 1 aromatic heterocycles. The van der Waals surface area contributed by atoms with Gasteiger partial charge < -0.3 is 24.6 Å². The van der Waals surface area contributed by atoms with Crippen molar-refractivity contribution in [3.05, 3.63) is 35.5 Å². The monoisotopic (exact) mass is 430 g/mol. The van der Waals surface area contributed by atoms with E-state index in [-0.39, 0.29) is 30.8 Å². The van der Waals surface area contributed by atoms with Gasteiger partial charge in [0.05, 0.1) is 13.2 Å². The van der Waals surface area contributed by atoms with Crippen molar-refractivity contribution in [2.75, 3.05) is 26.3 Å². The first-order valence-corrected chi connectivity index (χ1v) is 10.9. The Morgan fingerprint density at radius 3 is 2.39 bits per heavy atom. The number of nitrogens with zero attached hydrogens (tertiary/aromatic N) is 2. The van der Waals surface area contributed by atoms with Gasteiger partial charge in [0.25, 0.3) is 5.91 Å². The number of ether oxygens (including phenoxy) is 2. The van der Waals surface area contributed by atoms with Crippen LogP contribution in [0.25, 0.3) is 0 Å². The molecule has 2 amide bonds. The summed E-state index contributed by atoms with van der Waals surface area (Å²) in [6, 6.07) is 5.03. The molecule has 0 unspecified atom stereocenters. The van der Waals surface area contributed by atoms with Crippen LogP contribution in [0, 0.1) is 0 Å². The van der Waals surface area contributed by atoms with Crippen molar-refractivity contribution in [2.24, 2.45) is 0 Å². The molecule has 9 nitrogen and oxygen atoms in total. The lowest BCUT2D eigenvalue weighted by Crippen LogP contribution is -2.34. The number of hydrogen-bond acceptors (Lipinski definition) is 7. The standard InChI is InChI=1S/C22H30N4O5/c1-3-29-17-11-10-16(14-18(17)30-4-2)20(27)23-12-13-24-21(28)22-25-19(26-31-22)15-8-6-5-7-9-15/h10-11,14-15H,3-9,12-13H2,1-2H3,(H,23,27)(H,24,28). The average Bonchev–Trinajstić information content (AvgIpc) is 3.29. The van der Waals surface area contributed by atoms with Crippen LogP contribution in [0.15, 0.2) is 22.7 Å². The Labute approximate surface area is 181 Å². The molecule has 1 saturated carbocycles. The molecular formula is C22H30N4O5. The number of aromatic nitrogens is 2. The van der Waals surface area contributed by atoms with Gasteiger partial charge in [-0.1, -0.05) is 24.4 Å². The van der Waals surface area contributed by atoms with E-state index in [2.05, 4.69) is 20.8 Å². The molecule has 1 heterocycles. The van der Waals surface area contributed by atoms with E-state index in [1.165, 1.54) is 6.42 Å². The number of benzene rings is 1. The van der Waals surface area contributed by atoms with Gasteiger partial charge >= 0.3 is 11.8 Å². The summed E-state index contributed by atoms with van der Waals surface area (Å²) in [6.45, 7) is 5.22. The maximum absolute atomic E-state index is 12.4. The summed E-state index contributed by atoms with van der Waals surface area (Å²) in [5.41, 5.74) is 0.451. The van der Waals surface area contributed by atoms with E-state index in [0.717, 1.165) is 25.7 Å². The summed E-state index contributed by atoms with van der Waals surface area (Å²) >= 11 is 0. The summed E-state index contributed by atoms with van der Waals surface area (Å²) in [7, 11) is 0. The minimum atomic E-state index is -0.441. The lowest BCUT2D eigenvalue weighted by Gasteiger charge is -2.17. The maximum Gasteiger partial charge on any atom is 0.315 e. The molecule has 0 spiro atoms. The summed E-state index contributed by atoms with van der Waals surface area (Å²) in [5.74, 6) is 1.25. The van der Waals surface area contributed by atoms with Crippen molar-refractivity contribution in [3.63, 3.8) is 0 Å². The van der Waals surface area contributed by atoms with Crippen LogP contribution in [0.2, 0.25) is 0 Å². The van der Waals surface area contributed by atoms with E-state index >= 15 is 0 Å². The number of amides is 2. The Bertz CT molecular complexity index is 877. The van der Waals surface area contributed by atoms with Gasteiger partial charge in [0.2, 0.25) is 0 Å². The Balaban J connectivity index is 1.46. The molecule has 168 valence electrons. The third kappa shape index (κ3) is 6.19. The number of carbonyl (C=O) groups is 2. The van der Waals surface area contributed by atoms with Gasteiger partial charge in [-0.05, 0) is 44.9 Å². The van der Waals surface area contributed by atoms with Crippen LogP contribution in [0.5, 0.6) is 11.5 Å². The first-order chi connectivity index (χ1) is 15.1. The normalized spacial score (nSPS) is 14.1. The third-order valence-corrected chi connectivity index (χ3v) is 5.11. The quantitative estimate of drug-likeness (QED) is 0.557. The molecule has 0 saturated heterocycles. The second-order valence-corrected chi connectivity index (χ2v) is 7.33. The van der Waals surface area contributed by atoms with Crippen LogP contribution >= 0.6 is 0 Å². The Morgan fingerprint density at radius 1 is 1.00 bits per heavy atom. The predicted molar refractivity (Wildman–Crippen MR) is 114 cm³/mol. The zero-order valence-corrected chi connectivity index (χ0v) is 18.1. The largest absolute Gasteiger partial charge is 0.490 e. The lowest BCUT2D eigenvalue weighted by atomic mass is 9.89. The number of carbonyl (C=O) groups excluding carboxylic acids is 2. The molecule has 2 aromatic rings. The van der Waals surface area contributed by atoms with Crippen LogP contribution in [-0.4, -0.2) is 48.3 Å². The van der Waals surface area contributed by atoms with Crippen LogP contribution in [0.3, 0.4) is 0 Å². The van der Waals surface area contributed by atoms with Crippen LogP contribution in [-0.2, 0) is 0 Å². The van der Waals surface area contributed by atoms with Crippen molar-refractivity contribution >= 4 is 11.8 Å². The summed E-state index contributed by atoms with van der Waals surface area (Å²) in [5, 5.41) is 9.41. The lowest BCUT2D eigenvalue weighted by molar-refractivity contribution is 0.0898. The zero-order chi connectivity index (χ0) is 22.1. The first kappa shape index (κ1) is 22.6. The highest BCUT2D eigenvalue weighted by atomic mass is 16.5. The van der Waals surface area contributed by atoms with Gasteiger partial charge in [0.1, 0.15) is 0 Å². The van der Waals surface area contributed by atoms with E-state index in [1.54, 1.807) is 18.2 Å². The third-order valence-electron chi connectivity index (χ3n) is 5.11. The fourth-order valence-corrected chi connectivity index (χ4v) is 3.58. The molecule has 0 radical (unpaired) electrons. The minimum absolute atomic E-state index is 0.0419. The first-order valence-electron chi connectivity index (χ1n) is 10.9. The SMILES string of the molecule is CCOc1ccc(C(=O)NCCNC(=O)c2nc(C3CCCCC3)no2)cc1OCC. The Hall–Kier alpha value is -3.10. The van der Waals surface area contributed by atoms with E-state index in [1.807, 2.05) is 13.8 Å². The van der Waals surface area contributed by atoms with Gasteiger partial charge in [-0.25, -0.2) is 0 Å². The van der Waals surface area contributed by atoms with Crippen LogP contribution in [0.1, 0.15) is 78.7 Å². The van der Waals surface area contributed by atoms with Crippen molar-refractivity contribution in [1.82, 2.24) is 20.8 Å². The van der Waals surface area contributed by atoms with E-state index in [4.69, 9.17) is 14.0 Å². The molecule has 1 aromatic carbocycles. The van der Waals surface area contributed by atoms with E-state index in [9.17, 15) is 9.59 Å². The molecule has 1 aliphatic carbocycles. The molecule has 2 N–H and O–H groups in total. The van der Waals surface area contributed by atoms with Gasteiger partial charge in [-0.2, -0.15) is 4.98 Å². The molecule has 1 aliphatic rings. The number of rotatable bonds is 10. The van der Waals surface area contributed by atoms with Gasteiger partial charge in [-0.3, -0.25) is 9.59 Å². The van der Waals surface area contributed by atoms with Gasteiger partial charge in [-0.15, -0.1) is 0 Å². The van der Waals surface area contributed by atoms with Crippen molar-refractivity contribution in [1.29, 1.82) is 0 Å². The molecular weight excluding hydrogens is 400 g/mol. The smallest absolute Gasteiger partial charge is 0.315 e. The molecule has 31 heavy (non-hydrogen) atoms. The van der Waals surface area contributed by atoms with E-state index in [0.29, 0.717) is 36.1 Å². The zero-order valence-electron chi connectivity index (χ0n) is 18.1. The molecule has 0 atom stereocenters. The second-order valence-electron chi connectivity index (χ2n) is 7.33. The topological polar surface area (TPSA) is 116 Å². The Morgan fingerprint density at radius 2 is 1.68 bits per heavy atom. The molecule has 9 heteroatoms.